The average Bonchev–Trinajstić information content (AvgIpc) is 2.67. The molecule has 0 amide bonds. The van der Waals surface area contributed by atoms with E-state index in [9.17, 15) is 0 Å². The van der Waals surface area contributed by atoms with Gasteiger partial charge in [-0.25, -0.2) is 4.98 Å². The summed E-state index contributed by atoms with van der Waals surface area (Å²) in [5.41, 5.74) is 1.54. The number of nitriles is 1. The van der Waals surface area contributed by atoms with Crippen LogP contribution in [0.25, 0.3) is 0 Å². The molecule has 5 heteroatoms. The lowest BCUT2D eigenvalue weighted by atomic mass is 10.2. The zero-order chi connectivity index (χ0) is 11.5. The molecule has 1 aromatic carbocycles. The summed E-state index contributed by atoms with van der Waals surface area (Å²) >= 11 is 5.01. The topological polar surface area (TPSA) is 48.7 Å². The Morgan fingerprint density at radius 1 is 1.50 bits per heavy atom. The van der Waals surface area contributed by atoms with Gasteiger partial charge in [0.15, 0.2) is 5.13 Å². The van der Waals surface area contributed by atoms with Crippen LogP contribution in [0.1, 0.15) is 10.4 Å². The van der Waals surface area contributed by atoms with Crippen molar-refractivity contribution < 1.29 is 0 Å². The second-order valence-electron chi connectivity index (χ2n) is 3.21. The molecular weight excluding hydrogens is 286 g/mol. The third kappa shape index (κ3) is 2.40. The molecule has 1 heterocycles. The van der Waals surface area contributed by atoms with Crippen LogP contribution in [0.3, 0.4) is 0 Å². The van der Waals surface area contributed by atoms with Gasteiger partial charge in [0, 0.05) is 15.5 Å². The fraction of sp³-hybridized carbons (Fsp3) is 0.0909. The van der Waals surface area contributed by atoms with Gasteiger partial charge in [-0.05, 0) is 41.1 Å². The van der Waals surface area contributed by atoms with Crippen LogP contribution in [-0.2, 0) is 0 Å². The SMILES string of the molecule is Cc1cnc(Nc2ccc(C#N)cc2Br)s1. The molecular formula is C11H8BrN3S. The molecule has 0 spiro atoms. The molecule has 2 aromatic rings. The van der Waals surface area contributed by atoms with Crippen molar-refractivity contribution in [1.29, 1.82) is 5.26 Å². The average molecular weight is 294 g/mol. The van der Waals surface area contributed by atoms with E-state index in [-0.39, 0.29) is 0 Å². The number of nitrogens with one attached hydrogen (secondary N) is 1. The minimum absolute atomic E-state index is 0.632. The van der Waals surface area contributed by atoms with Gasteiger partial charge in [0.05, 0.1) is 17.3 Å². The summed E-state index contributed by atoms with van der Waals surface area (Å²) in [5.74, 6) is 0. The number of aromatic nitrogens is 1. The maximum atomic E-state index is 8.74. The molecule has 0 saturated heterocycles. The Kier molecular flexibility index (Phi) is 3.22. The summed E-state index contributed by atoms with van der Waals surface area (Å²) in [6.45, 7) is 2.01. The van der Waals surface area contributed by atoms with Crippen molar-refractivity contribution in [2.24, 2.45) is 0 Å². The minimum atomic E-state index is 0.632. The highest BCUT2D eigenvalue weighted by Crippen LogP contribution is 2.28. The number of hydrogen-bond acceptors (Lipinski definition) is 4. The predicted molar refractivity (Wildman–Crippen MR) is 69.0 cm³/mol. The second-order valence-corrected chi connectivity index (χ2v) is 5.30. The van der Waals surface area contributed by atoms with Gasteiger partial charge in [0.1, 0.15) is 0 Å². The minimum Gasteiger partial charge on any atom is -0.331 e. The van der Waals surface area contributed by atoms with Crippen LogP contribution in [0.2, 0.25) is 0 Å². The molecule has 0 aliphatic carbocycles. The van der Waals surface area contributed by atoms with Crippen LogP contribution in [0.15, 0.2) is 28.9 Å². The fourth-order valence-corrected chi connectivity index (χ4v) is 2.37. The number of hydrogen-bond donors (Lipinski definition) is 1. The zero-order valence-corrected chi connectivity index (χ0v) is 10.9. The molecule has 0 fully saturated rings. The number of nitrogens with zero attached hydrogens (tertiary/aromatic N) is 2. The molecule has 0 bridgehead atoms. The monoisotopic (exact) mass is 293 g/mol. The molecule has 16 heavy (non-hydrogen) atoms. The number of halogens is 1. The number of thiazole rings is 1. The van der Waals surface area contributed by atoms with Crippen molar-refractivity contribution in [3.63, 3.8) is 0 Å². The molecule has 3 nitrogen and oxygen atoms in total. The van der Waals surface area contributed by atoms with Gasteiger partial charge in [0.25, 0.3) is 0 Å². The lowest BCUT2D eigenvalue weighted by molar-refractivity contribution is 1.36. The van der Waals surface area contributed by atoms with E-state index in [2.05, 4.69) is 32.3 Å². The van der Waals surface area contributed by atoms with Gasteiger partial charge in [-0.2, -0.15) is 5.26 Å². The van der Waals surface area contributed by atoms with Crippen molar-refractivity contribution in [2.75, 3.05) is 5.32 Å². The lowest BCUT2D eigenvalue weighted by Crippen LogP contribution is -1.90. The summed E-state index contributed by atoms with van der Waals surface area (Å²) in [6.07, 6.45) is 1.82. The van der Waals surface area contributed by atoms with Gasteiger partial charge >= 0.3 is 0 Å². The Morgan fingerprint density at radius 2 is 2.31 bits per heavy atom. The van der Waals surface area contributed by atoms with Gasteiger partial charge in [-0.3, -0.25) is 0 Å². The standard InChI is InChI=1S/C11H8BrN3S/c1-7-6-14-11(16-7)15-10-3-2-8(5-13)4-9(10)12/h2-4,6H,1H3,(H,14,15). The van der Waals surface area contributed by atoms with E-state index in [1.54, 1.807) is 23.5 Å². The van der Waals surface area contributed by atoms with Crippen LogP contribution in [-0.4, -0.2) is 4.98 Å². The zero-order valence-electron chi connectivity index (χ0n) is 8.49. The van der Waals surface area contributed by atoms with Crippen molar-refractivity contribution in [1.82, 2.24) is 4.98 Å². The Hall–Kier alpha value is -1.38. The Morgan fingerprint density at radius 3 is 2.88 bits per heavy atom. The maximum Gasteiger partial charge on any atom is 0.187 e. The van der Waals surface area contributed by atoms with E-state index in [1.807, 2.05) is 19.2 Å². The molecule has 0 aliphatic heterocycles. The quantitative estimate of drug-likeness (QED) is 0.915. The third-order valence-corrected chi connectivity index (χ3v) is 3.45. The van der Waals surface area contributed by atoms with Crippen LogP contribution < -0.4 is 5.32 Å². The van der Waals surface area contributed by atoms with Gasteiger partial charge in [0.2, 0.25) is 0 Å². The van der Waals surface area contributed by atoms with E-state index >= 15 is 0 Å². The van der Waals surface area contributed by atoms with E-state index in [4.69, 9.17) is 5.26 Å². The molecule has 1 aromatic heterocycles. The maximum absolute atomic E-state index is 8.74. The Balaban J connectivity index is 2.26. The first-order valence-corrected chi connectivity index (χ1v) is 6.19. The highest BCUT2D eigenvalue weighted by atomic mass is 79.9. The predicted octanol–water partition coefficient (Wildman–Crippen LogP) is 3.83. The first kappa shape index (κ1) is 11.1. The van der Waals surface area contributed by atoms with Crippen LogP contribution in [0.5, 0.6) is 0 Å². The molecule has 0 saturated carbocycles. The van der Waals surface area contributed by atoms with Gasteiger partial charge < -0.3 is 5.32 Å². The normalized spacial score (nSPS) is 9.81. The van der Waals surface area contributed by atoms with Crippen molar-refractivity contribution in [3.05, 3.63) is 39.3 Å². The second kappa shape index (κ2) is 4.64. The van der Waals surface area contributed by atoms with Crippen LogP contribution in [0.4, 0.5) is 10.8 Å². The number of aryl methyl sites for hydroxylation is 1. The van der Waals surface area contributed by atoms with E-state index in [0.717, 1.165) is 20.2 Å². The summed E-state index contributed by atoms with van der Waals surface area (Å²) < 4.78 is 0.861. The van der Waals surface area contributed by atoms with Gasteiger partial charge in [-0.1, -0.05) is 0 Å². The van der Waals surface area contributed by atoms with Crippen molar-refractivity contribution >= 4 is 38.1 Å². The summed E-state index contributed by atoms with van der Waals surface area (Å²) in [5, 5.41) is 12.8. The van der Waals surface area contributed by atoms with E-state index in [0.29, 0.717) is 5.56 Å². The first-order chi connectivity index (χ1) is 7.69. The molecule has 0 atom stereocenters. The number of anilines is 2. The summed E-state index contributed by atoms with van der Waals surface area (Å²) in [6, 6.07) is 7.50. The lowest BCUT2D eigenvalue weighted by Gasteiger charge is -2.05. The molecule has 80 valence electrons. The van der Waals surface area contributed by atoms with Crippen LogP contribution in [0, 0.1) is 18.3 Å². The van der Waals surface area contributed by atoms with Crippen molar-refractivity contribution in [2.45, 2.75) is 6.92 Å². The van der Waals surface area contributed by atoms with Crippen molar-refractivity contribution in [3.8, 4) is 6.07 Å². The van der Waals surface area contributed by atoms with E-state index < -0.39 is 0 Å². The Labute approximate surface area is 106 Å². The third-order valence-electron chi connectivity index (χ3n) is 1.96. The molecule has 0 unspecified atom stereocenters. The van der Waals surface area contributed by atoms with Crippen LogP contribution >= 0.6 is 27.3 Å². The Bertz CT molecular complexity index is 557. The fourth-order valence-electron chi connectivity index (χ4n) is 1.21. The molecule has 2 rings (SSSR count). The highest BCUT2D eigenvalue weighted by molar-refractivity contribution is 9.10. The number of rotatable bonds is 2. The smallest absolute Gasteiger partial charge is 0.187 e. The highest BCUT2D eigenvalue weighted by Gasteiger charge is 2.04. The first-order valence-electron chi connectivity index (χ1n) is 4.58. The van der Waals surface area contributed by atoms with E-state index in [1.165, 1.54) is 0 Å². The largest absolute Gasteiger partial charge is 0.331 e. The summed E-state index contributed by atoms with van der Waals surface area (Å²) in [7, 11) is 0. The van der Waals surface area contributed by atoms with Gasteiger partial charge in [-0.15, -0.1) is 11.3 Å². The number of benzene rings is 1. The molecule has 0 radical (unpaired) electrons. The summed E-state index contributed by atoms with van der Waals surface area (Å²) in [4.78, 5) is 5.38. The molecule has 1 N–H and O–H groups in total. The molecule has 0 aliphatic rings.